The van der Waals surface area contributed by atoms with Crippen molar-refractivity contribution in [2.24, 2.45) is 0 Å². The Morgan fingerprint density at radius 3 is 0.245 bits per heavy atom. The zero-order valence-corrected chi connectivity index (χ0v) is 26.7. The summed E-state index contributed by atoms with van der Waals surface area (Å²) in [7, 11) is -9.83. The van der Waals surface area contributed by atoms with Crippen molar-refractivity contribution in [1.82, 2.24) is 12.3 Å². The van der Waals surface area contributed by atoms with Crippen LogP contribution in [0.25, 0.3) is 0 Å². The maximum atomic E-state index is 8.74. The van der Waals surface area contributed by atoms with Crippen molar-refractivity contribution >= 4 is 20.8 Å². The molecule has 0 aromatic rings. The van der Waals surface area contributed by atoms with Crippen LogP contribution in [0.5, 0.6) is 0 Å². The van der Waals surface area contributed by atoms with Gasteiger partial charge in [-0.25, -0.2) is 0 Å². The predicted octanol–water partition coefficient (Wildman–Crippen LogP) is -31.4. The van der Waals surface area contributed by atoms with Gasteiger partial charge < -0.3 is 219 Å². The Morgan fingerprint density at radius 1 is 0.245 bits per heavy atom. The molecule has 0 aliphatic rings. The SMILES string of the molecule is N.N.O.O.O.O.O.O.O.O.O.O.O.O.O.O.O.O.O.O.O.O.O.O.O.O.O.O.O.O.O.O.O.O.O.O.O.O.O=S(=O)(O)O.O=S(=O)([O-])[O-].[Fe+2]. The van der Waals surface area contributed by atoms with E-state index in [1.165, 1.54) is 0 Å². The molecular weight excluding hydrogens is 852 g/mol. The van der Waals surface area contributed by atoms with Crippen LogP contribution >= 0.6 is 0 Å². The quantitative estimate of drug-likeness (QED) is 0.101. The minimum Gasteiger partial charge on any atom is -0.759 e. The third-order valence-electron chi connectivity index (χ3n) is 0. The molecule has 0 aliphatic carbocycles. The van der Waals surface area contributed by atoms with Gasteiger partial charge in [-0.2, -0.15) is 8.42 Å². The molecule has 0 unspecified atom stereocenters. The average Bonchev–Trinajstić information content (AvgIpc) is 1.12. The molecule has 0 heterocycles. The van der Waals surface area contributed by atoms with E-state index in [1.54, 1.807) is 0 Å². The fraction of sp³-hybridized carbons (Fsp3) is 0. The normalized spacial score (nSPS) is 2.37. The van der Waals surface area contributed by atoms with E-state index < -0.39 is 20.8 Å². The molecule has 49 heteroatoms. The summed E-state index contributed by atoms with van der Waals surface area (Å²) in [5, 5.41) is 0. The van der Waals surface area contributed by atoms with Gasteiger partial charge in [-0.15, -0.1) is 0 Å². The van der Waals surface area contributed by atoms with Gasteiger partial charge in [-0.3, -0.25) is 17.5 Å². The Kier molecular flexibility index (Phi) is 39700. The zero-order chi connectivity index (χ0) is 9.00. The molecule has 0 saturated carbocycles. The summed E-state index contributed by atoms with van der Waals surface area (Å²) in [6, 6.07) is 0. The molecule has 0 aromatic heterocycles. The summed E-state index contributed by atoms with van der Waals surface area (Å²) in [6.45, 7) is 0. The summed E-state index contributed by atoms with van der Waals surface area (Å²) in [5.74, 6) is 0. The summed E-state index contributed by atoms with van der Waals surface area (Å²) >= 11 is 0. The molecular formula is H80FeN2O44S2. The fourth-order valence-corrected chi connectivity index (χ4v) is 0. The Labute approximate surface area is 283 Å². The minimum absolute atomic E-state index is 0. The van der Waals surface area contributed by atoms with E-state index in [0.717, 1.165) is 0 Å². The Morgan fingerprint density at radius 2 is 0.245 bits per heavy atom. The van der Waals surface area contributed by atoms with Gasteiger partial charge in [0.1, 0.15) is 0 Å². The van der Waals surface area contributed by atoms with E-state index in [-0.39, 0.29) is 227 Å². The van der Waals surface area contributed by atoms with Gasteiger partial charge in [0.05, 0.1) is 0 Å². The Hall–Kier alpha value is -1.26. The Balaban J connectivity index is -0.000000000373. The van der Waals surface area contributed by atoms with Crippen LogP contribution in [0.2, 0.25) is 0 Å². The van der Waals surface area contributed by atoms with Crippen molar-refractivity contribution in [3.05, 3.63) is 0 Å². The van der Waals surface area contributed by atoms with E-state index >= 15 is 0 Å². The molecule has 0 radical (unpaired) electrons. The smallest absolute Gasteiger partial charge is 0.759 e. The molecule has 0 aliphatic heterocycles. The van der Waals surface area contributed by atoms with E-state index in [2.05, 4.69) is 0 Å². The largest absolute Gasteiger partial charge is 2.00 e. The molecule has 46 nitrogen and oxygen atoms in total. The first-order valence-electron chi connectivity index (χ1n) is 1.37. The van der Waals surface area contributed by atoms with Crippen molar-refractivity contribution < 1.29 is 249 Å². The van der Waals surface area contributed by atoms with Crippen LogP contribution in [-0.4, -0.2) is 232 Å². The van der Waals surface area contributed by atoms with Crippen LogP contribution in [0.4, 0.5) is 0 Å². The first-order chi connectivity index (χ1) is 4.00. The molecule has 0 atom stereocenters. The molecule has 0 rings (SSSR count). The average molecular weight is 933 g/mol. The van der Waals surface area contributed by atoms with Crippen molar-refractivity contribution in [2.45, 2.75) is 0 Å². The summed E-state index contributed by atoms with van der Waals surface area (Å²) < 4.78 is 65.7. The second kappa shape index (κ2) is 848. The second-order valence-electron chi connectivity index (χ2n) is 0.856. The van der Waals surface area contributed by atoms with Gasteiger partial charge >= 0.3 is 27.5 Å². The van der Waals surface area contributed by atoms with E-state index in [9.17, 15) is 0 Å². The van der Waals surface area contributed by atoms with Gasteiger partial charge in [-0.05, 0) is 0 Å². The number of hydrogen-bond acceptors (Lipinski definition) is 8. The van der Waals surface area contributed by atoms with Crippen molar-refractivity contribution in [1.29, 1.82) is 0 Å². The van der Waals surface area contributed by atoms with E-state index in [0.29, 0.717) is 0 Å². The van der Waals surface area contributed by atoms with E-state index in [4.69, 9.17) is 35.0 Å². The molecule has 0 bridgehead atoms. The van der Waals surface area contributed by atoms with Gasteiger partial charge in [0.25, 0.3) is 0 Å². The van der Waals surface area contributed by atoms with Crippen LogP contribution in [-0.2, 0) is 37.9 Å². The molecule has 49 heavy (non-hydrogen) atoms. The maximum absolute atomic E-state index is 8.74. The van der Waals surface area contributed by atoms with Gasteiger partial charge in [0.15, 0.2) is 0 Å². The molecule has 0 saturated heterocycles. The third-order valence-corrected chi connectivity index (χ3v) is 0. The molecule has 0 spiro atoms. The standard InChI is InChI=1S/Fe.2H3N.2H2O4S.36H2O/c;;;2*1-5(2,3)4;;;;;;;;;;;;;;;;;;;;;;;;;;;;;;;;;;;;/h;2*1H3;2*(H2,1,2,3,4);36*1H2/q+2;;;;;;;;;;;;;;;;;;;;;;;;;;;;;;;;;;;;;;;;/p-2. The molecule has 0 amide bonds. The molecule has 0 aromatic carbocycles. The van der Waals surface area contributed by atoms with Crippen molar-refractivity contribution in [3.63, 3.8) is 0 Å². The number of hydrogen-bond donors (Lipinski definition) is 4. The van der Waals surface area contributed by atoms with Gasteiger partial charge in [0.2, 0.25) is 0 Å². The maximum Gasteiger partial charge on any atom is 2.00 e. The van der Waals surface area contributed by atoms with Crippen LogP contribution in [0, 0.1) is 0 Å². The molecule has 80 N–H and O–H groups in total. The van der Waals surface area contributed by atoms with E-state index in [1.807, 2.05) is 0 Å². The first-order valence-corrected chi connectivity index (χ1v) is 4.10. The van der Waals surface area contributed by atoms with Crippen LogP contribution in [0.3, 0.4) is 0 Å². The summed E-state index contributed by atoms with van der Waals surface area (Å²) in [4.78, 5) is 0. The first kappa shape index (κ1) is 2300. The molecule has 0 fully saturated rings. The number of rotatable bonds is 0. The second-order valence-corrected chi connectivity index (χ2v) is 2.57. The van der Waals surface area contributed by atoms with Crippen LogP contribution in [0.1, 0.15) is 0 Å². The zero-order valence-electron chi connectivity index (χ0n) is 23.9. The van der Waals surface area contributed by atoms with Crippen LogP contribution < -0.4 is 12.3 Å². The Bertz CT molecular complexity index is 227. The van der Waals surface area contributed by atoms with Crippen molar-refractivity contribution in [2.75, 3.05) is 0 Å². The third kappa shape index (κ3) is 58900. The monoisotopic (exact) mass is 932 g/mol. The minimum atomic E-state index is -5.17. The van der Waals surface area contributed by atoms with Crippen LogP contribution in [0.15, 0.2) is 0 Å². The summed E-state index contributed by atoms with van der Waals surface area (Å²) in [5.41, 5.74) is 0. The van der Waals surface area contributed by atoms with Crippen molar-refractivity contribution in [3.8, 4) is 0 Å². The molecule has 374 valence electrons. The summed E-state index contributed by atoms with van der Waals surface area (Å²) in [6.07, 6.45) is 0. The van der Waals surface area contributed by atoms with Gasteiger partial charge in [0, 0.05) is 10.4 Å². The topological polar surface area (TPSA) is 1360 Å². The fourth-order valence-electron chi connectivity index (χ4n) is 0. The predicted molar refractivity (Wildman–Crippen MR) is 165 cm³/mol. The van der Waals surface area contributed by atoms with Gasteiger partial charge in [-0.1, -0.05) is 0 Å².